The van der Waals surface area contributed by atoms with E-state index in [2.05, 4.69) is 27.3 Å². The summed E-state index contributed by atoms with van der Waals surface area (Å²) in [6.07, 6.45) is 0.459. The van der Waals surface area contributed by atoms with Gasteiger partial charge in [-0.05, 0) is 64.6 Å². The van der Waals surface area contributed by atoms with Crippen LogP contribution >= 0.6 is 34.8 Å². The monoisotopic (exact) mass is 432 g/mol. The van der Waals surface area contributed by atoms with Crippen LogP contribution in [0.25, 0.3) is 0 Å². The molecule has 0 fully saturated rings. The molecule has 0 aromatic heterocycles. The van der Waals surface area contributed by atoms with E-state index in [-0.39, 0.29) is 4.90 Å². The molecule has 0 unspecified atom stereocenters. The van der Waals surface area contributed by atoms with Crippen LogP contribution in [-0.4, -0.2) is 13.4 Å². The lowest BCUT2D eigenvalue weighted by molar-refractivity contribution is 0.601. The van der Waals surface area contributed by atoms with E-state index in [1.165, 1.54) is 0 Å². The van der Waals surface area contributed by atoms with Gasteiger partial charge < -0.3 is 5.73 Å². The summed E-state index contributed by atoms with van der Waals surface area (Å²) in [7, 11) is -3.59. The Morgan fingerprint density at radius 3 is 2.19 bits per heavy atom. The molecule has 0 atom stereocenters. The van der Waals surface area contributed by atoms with Gasteiger partial charge in [0.15, 0.2) is 0 Å². The Morgan fingerprint density at radius 1 is 1.10 bits per heavy atom. The maximum atomic E-state index is 12.3. The molecule has 0 heterocycles. The van der Waals surface area contributed by atoms with Crippen LogP contribution in [0.15, 0.2) is 53.4 Å². The van der Waals surface area contributed by atoms with E-state index >= 15 is 0 Å². The van der Waals surface area contributed by atoms with Gasteiger partial charge in [0.1, 0.15) is 0 Å². The second-order valence-electron chi connectivity index (χ2n) is 4.40. The van der Waals surface area contributed by atoms with Gasteiger partial charge in [0.05, 0.1) is 9.88 Å². The Bertz CT molecular complexity index is 742. The van der Waals surface area contributed by atoms with Crippen LogP contribution in [0, 0.1) is 3.57 Å². The predicted molar refractivity (Wildman–Crippen MR) is 96.9 cm³/mol. The summed E-state index contributed by atoms with van der Waals surface area (Å²) in [6.45, 7) is 0. The molecule has 0 aliphatic heterocycles. The molecule has 2 rings (SSSR count). The van der Waals surface area contributed by atoms with Crippen LogP contribution in [-0.2, 0) is 16.4 Å². The van der Waals surface area contributed by atoms with Crippen molar-refractivity contribution in [1.82, 2.24) is 0 Å². The Labute approximate surface area is 142 Å². The summed E-state index contributed by atoms with van der Waals surface area (Å²) in [4.78, 5) is 0.579. The molecule has 2 aromatic carbocycles. The highest BCUT2D eigenvalue weighted by Gasteiger charge is 2.13. The number of rotatable bonds is 5. The van der Waals surface area contributed by atoms with Gasteiger partial charge in [0, 0.05) is 15.7 Å². The molecule has 0 saturated heterocycles. The zero-order chi connectivity index (χ0) is 15.5. The average molecular weight is 432 g/mol. The maximum absolute atomic E-state index is 12.3. The van der Waals surface area contributed by atoms with Gasteiger partial charge in [-0.25, -0.2) is 8.42 Å². The average Bonchev–Trinajstić information content (AvgIpc) is 2.41. The van der Waals surface area contributed by atoms with E-state index in [0.717, 1.165) is 9.13 Å². The van der Waals surface area contributed by atoms with Crippen LogP contribution in [0.2, 0.25) is 0 Å². The molecule has 7 heteroatoms. The topological polar surface area (TPSA) is 72.2 Å². The number of benzene rings is 2. The number of hydrogen-bond acceptors (Lipinski definition) is 3. The molecule has 0 aliphatic rings. The van der Waals surface area contributed by atoms with Crippen molar-refractivity contribution < 1.29 is 8.42 Å². The number of nitrogens with one attached hydrogen (secondary N) is 1. The first-order valence-corrected chi connectivity index (χ1v) is 8.99. The van der Waals surface area contributed by atoms with Crippen molar-refractivity contribution >= 4 is 55.5 Å². The lowest BCUT2D eigenvalue weighted by atomic mass is 10.1. The third-order valence-corrected chi connectivity index (χ3v) is 4.97. The number of halogens is 1. The summed E-state index contributed by atoms with van der Waals surface area (Å²) in [5, 5.41) is 0. The number of nitrogens with two attached hydrogens (primary N) is 1. The summed E-state index contributed by atoms with van der Waals surface area (Å²) in [6, 6.07) is 13.6. The fourth-order valence-electron chi connectivity index (χ4n) is 1.72. The molecular formula is C14H13IN2O2S2. The van der Waals surface area contributed by atoms with Crippen LogP contribution < -0.4 is 10.5 Å². The number of sulfonamides is 1. The molecule has 4 nitrogen and oxygen atoms in total. The Morgan fingerprint density at radius 2 is 1.67 bits per heavy atom. The third-order valence-electron chi connectivity index (χ3n) is 2.71. The second-order valence-corrected chi connectivity index (χ2v) is 7.85. The normalized spacial score (nSPS) is 11.1. The van der Waals surface area contributed by atoms with E-state index in [1.54, 1.807) is 36.4 Å². The summed E-state index contributed by atoms with van der Waals surface area (Å²) >= 11 is 6.99. The van der Waals surface area contributed by atoms with Crippen molar-refractivity contribution in [3.63, 3.8) is 0 Å². The lowest BCUT2D eigenvalue weighted by Gasteiger charge is -2.09. The largest absolute Gasteiger partial charge is 0.393 e. The zero-order valence-corrected chi connectivity index (χ0v) is 14.7. The van der Waals surface area contributed by atoms with Crippen LogP contribution in [0.4, 0.5) is 5.69 Å². The van der Waals surface area contributed by atoms with Crippen molar-refractivity contribution in [2.24, 2.45) is 5.73 Å². The highest BCUT2D eigenvalue weighted by atomic mass is 127. The van der Waals surface area contributed by atoms with Crippen LogP contribution in [0.1, 0.15) is 5.56 Å². The minimum Gasteiger partial charge on any atom is -0.393 e. The van der Waals surface area contributed by atoms with Gasteiger partial charge in [-0.3, -0.25) is 4.72 Å². The Hall–Kier alpha value is -1.19. The predicted octanol–water partition coefficient (Wildman–Crippen LogP) is 2.92. The first-order chi connectivity index (χ1) is 9.87. The molecule has 0 saturated carbocycles. The van der Waals surface area contributed by atoms with E-state index in [9.17, 15) is 8.42 Å². The molecule has 0 spiro atoms. The van der Waals surface area contributed by atoms with E-state index in [0.29, 0.717) is 17.1 Å². The fraction of sp³-hybridized carbons (Fsp3) is 0.0714. The van der Waals surface area contributed by atoms with Gasteiger partial charge >= 0.3 is 0 Å². The summed E-state index contributed by atoms with van der Waals surface area (Å²) in [5.41, 5.74) is 6.88. The van der Waals surface area contributed by atoms with Gasteiger partial charge in [-0.1, -0.05) is 24.4 Å². The molecule has 3 N–H and O–H groups in total. The van der Waals surface area contributed by atoms with Crippen LogP contribution in [0.3, 0.4) is 0 Å². The first-order valence-electron chi connectivity index (χ1n) is 6.02. The lowest BCUT2D eigenvalue weighted by Crippen LogP contribution is -2.14. The third kappa shape index (κ3) is 4.65. The molecule has 21 heavy (non-hydrogen) atoms. The SMILES string of the molecule is NC(=S)Cc1ccc(S(=O)(=O)Nc2ccc(I)cc2)cc1. The highest BCUT2D eigenvalue weighted by molar-refractivity contribution is 14.1. The highest BCUT2D eigenvalue weighted by Crippen LogP contribution is 2.18. The summed E-state index contributed by atoms with van der Waals surface area (Å²) < 4.78 is 28.1. The van der Waals surface area contributed by atoms with Crippen molar-refractivity contribution in [3.05, 3.63) is 57.7 Å². The van der Waals surface area contributed by atoms with Gasteiger partial charge in [-0.2, -0.15) is 0 Å². The Balaban J connectivity index is 2.19. The van der Waals surface area contributed by atoms with Gasteiger partial charge in [0.2, 0.25) is 0 Å². The zero-order valence-electron chi connectivity index (χ0n) is 10.9. The number of thiocarbonyl (C=S) groups is 1. The van der Waals surface area contributed by atoms with E-state index in [4.69, 9.17) is 18.0 Å². The van der Waals surface area contributed by atoms with Gasteiger partial charge in [0.25, 0.3) is 10.0 Å². The quantitative estimate of drug-likeness (QED) is 0.563. The minimum absolute atomic E-state index is 0.202. The first kappa shape index (κ1) is 16.2. The molecule has 0 amide bonds. The number of hydrogen-bond donors (Lipinski definition) is 2. The number of anilines is 1. The standard InChI is InChI=1S/C14H13IN2O2S2/c15-11-3-5-12(6-4-11)17-21(18,19)13-7-1-10(2-8-13)9-14(16)20/h1-8,17H,9H2,(H2,16,20). The van der Waals surface area contributed by atoms with Crippen molar-refractivity contribution in [1.29, 1.82) is 0 Å². The fourth-order valence-corrected chi connectivity index (χ4v) is 3.30. The van der Waals surface area contributed by atoms with Crippen molar-refractivity contribution in [2.75, 3.05) is 4.72 Å². The smallest absolute Gasteiger partial charge is 0.261 e. The van der Waals surface area contributed by atoms with Gasteiger partial charge in [-0.15, -0.1) is 0 Å². The van der Waals surface area contributed by atoms with Crippen molar-refractivity contribution in [3.8, 4) is 0 Å². The van der Waals surface area contributed by atoms with E-state index < -0.39 is 10.0 Å². The Kier molecular flexibility index (Phi) is 5.17. The van der Waals surface area contributed by atoms with E-state index in [1.807, 2.05) is 12.1 Å². The molecule has 2 aromatic rings. The molecular weight excluding hydrogens is 419 g/mol. The molecule has 110 valence electrons. The van der Waals surface area contributed by atoms with Crippen LogP contribution in [0.5, 0.6) is 0 Å². The molecule has 0 radical (unpaired) electrons. The van der Waals surface area contributed by atoms with Crippen molar-refractivity contribution in [2.45, 2.75) is 11.3 Å². The summed E-state index contributed by atoms with van der Waals surface area (Å²) in [5.74, 6) is 0. The maximum Gasteiger partial charge on any atom is 0.261 e. The second kappa shape index (κ2) is 6.71. The molecule has 0 bridgehead atoms. The minimum atomic E-state index is -3.59. The molecule has 0 aliphatic carbocycles.